The molecular weight excluding hydrogens is 214 g/mol. The lowest BCUT2D eigenvalue weighted by molar-refractivity contribution is 0.233. The third-order valence-electron chi connectivity index (χ3n) is 3.35. The quantitative estimate of drug-likeness (QED) is 0.818. The van der Waals surface area contributed by atoms with E-state index in [9.17, 15) is 0 Å². The highest BCUT2D eigenvalue weighted by atomic mass is 15.3. The van der Waals surface area contributed by atoms with Crippen molar-refractivity contribution in [2.75, 3.05) is 38.6 Å². The summed E-state index contributed by atoms with van der Waals surface area (Å²) in [7, 11) is 4.08. The molecule has 0 amide bonds. The fourth-order valence-corrected chi connectivity index (χ4v) is 2.05. The molecule has 1 aliphatic rings. The van der Waals surface area contributed by atoms with Gasteiger partial charge in [-0.2, -0.15) is 5.10 Å². The maximum atomic E-state index is 4.30. The molecule has 1 aromatic rings. The van der Waals surface area contributed by atoms with Crippen LogP contribution in [0.5, 0.6) is 0 Å². The molecule has 1 saturated heterocycles. The lowest BCUT2D eigenvalue weighted by Gasteiger charge is -2.38. The first-order valence-electron chi connectivity index (χ1n) is 6.13. The Labute approximate surface area is 103 Å². The second-order valence-corrected chi connectivity index (χ2v) is 4.69. The molecule has 5 nitrogen and oxygen atoms in total. The van der Waals surface area contributed by atoms with Gasteiger partial charge in [0.1, 0.15) is 0 Å². The van der Waals surface area contributed by atoms with Crippen molar-refractivity contribution >= 4 is 5.82 Å². The van der Waals surface area contributed by atoms with Crippen LogP contribution in [0.4, 0.5) is 5.82 Å². The minimum absolute atomic E-state index is 0.572. The van der Waals surface area contributed by atoms with Gasteiger partial charge in [0.25, 0.3) is 0 Å². The first-order chi connectivity index (χ1) is 8.20. The minimum Gasteiger partial charge on any atom is -0.352 e. The zero-order valence-electron chi connectivity index (χ0n) is 10.8. The summed E-state index contributed by atoms with van der Waals surface area (Å²) in [6.45, 7) is 6.15. The maximum Gasteiger partial charge on any atom is 0.151 e. The molecule has 0 bridgehead atoms. The van der Waals surface area contributed by atoms with Gasteiger partial charge in [0, 0.05) is 32.2 Å². The van der Waals surface area contributed by atoms with Crippen LogP contribution in [0, 0.1) is 0 Å². The topological polar surface area (TPSA) is 44.3 Å². The molecule has 0 aliphatic carbocycles. The summed E-state index contributed by atoms with van der Waals surface area (Å²) in [5.41, 5.74) is 0.985. The molecule has 5 heteroatoms. The van der Waals surface area contributed by atoms with Gasteiger partial charge in [-0.3, -0.25) is 0 Å². The Morgan fingerprint density at radius 1 is 1.35 bits per heavy atom. The molecule has 0 radical (unpaired) electrons. The zero-order valence-corrected chi connectivity index (χ0v) is 10.8. The maximum absolute atomic E-state index is 4.30. The molecule has 1 unspecified atom stereocenters. The van der Waals surface area contributed by atoms with Gasteiger partial charge in [0.2, 0.25) is 0 Å². The fraction of sp³-hybridized carbons (Fsp3) is 0.667. The van der Waals surface area contributed by atoms with Gasteiger partial charge >= 0.3 is 0 Å². The molecule has 2 rings (SSSR count). The lowest BCUT2D eigenvalue weighted by Crippen LogP contribution is -2.50. The van der Waals surface area contributed by atoms with E-state index < -0.39 is 0 Å². The Morgan fingerprint density at radius 2 is 2.18 bits per heavy atom. The number of piperazine rings is 1. The van der Waals surface area contributed by atoms with E-state index in [0.717, 1.165) is 37.7 Å². The van der Waals surface area contributed by atoms with E-state index >= 15 is 0 Å². The molecule has 1 aromatic heterocycles. The molecule has 2 heterocycles. The van der Waals surface area contributed by atoms with Crippen LogP contribution < -0.4 is 10.2 Å². The van der Waals surface area contributed by atoms with E-state index in [1.807, 2.05) is 13.1 Å². The number of likely N-dealkylation sites (N-methyl/N-ethyl adjacent to an activating group) is 1. The first kappa shape index (κ1) is 12.3. The smallest absolute Gasteiger partial charge is 0.151 e. The van der Waals surface area contributed by atoms with E-state index in [2.05, 4.69) is 45.4 Å². The van der Waals surface area contributed by atoms with Crippen molar-refractivity contribution < 1.29 is 0 Å². The number of hydrogen-bond acceptors (Lipinski definition) is 5. The second kappa shape index (κ2) is 5.42. The molecule has 1 N–H and O–H groups in total. The summed E-state index contributed by atoms with van der Waals surface area (Å²) in [5.74, 6) is 0.991. The largest absolute Gasteiger partial charge is 0.352 e. The minimum atomic E-state index is 0.572. The second-order valence-electron chi connectivity index (χ2n) is 4.69. The van der Waals surface area contributed by atoms with Crippen LogP contribution in [0.2, 0.25) is 0 Å². The van der Waals surface area contributed by atoms with Gasteiger partial charge in [0.05, 0.1) is 5.69 Å². The summed E-state index contributed by atoms with van der Waals surface area (Å²) >= 11 is 0. The predicted molar refractivity (Wildman–Crippen MR) is 69.1 cm³/mol. The van der Waals surface area contributed by atoms with Crippen LogP contribution in [0.3, 0.4) is 0 Å². The molecule has 1 aliphatic heterocycles. The average molecular weight is 235 g/mol. The van der Waals surface area contributed by atoms with E-state index in [1.54, 1.807) is 0 Å². The standard InChI is InChI=1S/C12H21N5/c1-10-9-17(7-6-16(10)3)12-5-4-11(8-13-2)14-15-12/h4-5,10,13H,6-9H2,1-3H3. The third kappa shape index (κ3) is 2.92. The molecular formula is C12H21N5. The lowest BCUT2D eigenvalue weighted by atomic mass is 10.2. The molecule has 94 valence electrons. The number of hydrogen-bond donors (Lipinski definition) is 1. The molecule has 0 saturated carbocycles. The summed E-state index contributed by atoms with van der Waals surface area (Å²) < 4.78 is 0. The number of rotatable bonds is 3. The highest BCUT2D eigenvalue weighted by Crippen LogP contribution is 2.15. The fourth-order valence-electron chi connectivity index (χ4n) is 2.05. The van der Waals surface area contributed by atoms with Gasteiger partial charge in [-0.05, 0) is 33.2 Å². The van der Waals surface area contributed by atoms with Crippen LogP contribution >= 0.6 is 0 Å². The Bertz CT molecular complexity index is 350. The highest BCUT2D eigenvalue weighted by Gasteiger charge is 2.21. The van der Waals surface area contributed by atoms with Gasteiger partial charge in [-0.15, -0.1) is 5.10 Å². The van der Waals surface area contributed by atoms with Crippen LogP contribution in [-0.2, 0) is 6.54 Å². The van der Waals surface area contributed by atoms with E-state index in [1.165, 1.54) is 0 Å². The van der Waals surface area contributed by atoms with Crippen molar-refractivity contribution in [1.82, 2.24) is 20.4 Å². The third-order valence-corrected chi connectivity index (χ3v) is 3.35. The van der Waals surface area contributed by atoms with Crippen molar-refractivity contribution in [3.8, 4) is 0 Å². The van der Waals surface area contributed by atoms with Crippen molar-refractivity contribution in [2.24, 2.45) is 0 Å². The summed E-state index contributed by atoms with van der Waals surface area (Å²) in [6.07, 6.45) is 0. The molecule has 1 atom stereocenters. The predicted octanol–water partition coefficient (Wildman–Crippen LogP) is 0.336. The van der Waals surface area contributed by atoms with Crippen molar-refractivity contribution in [3.63, 3.8) is 0 Å². The molecule has 1 fully saturated rings. The summed E-state index contributed by atoms with van der Waals surface area (Å²) in [6, 6.07) is 4.68. The van der Waals surface area contributed by atoms with Crippen LogP contribution in [0.1, 0.15) is 12.6 Å². The Kier molecular flexibility index (Phi) is 3.91. The SMILES string of the molecule is CNCc1ccc(N2CCN(C)C(C)C2)nn1. The summed E-state index contributed by atoms with van der Waals surface area (Å²) in [5, 5.41) is 11.6. The number of anilines is 1. The van der Waals surface area contributed by atoms with Crippen LogP contribution in [-0.4, -0.2) is 54.9 Å². The molecule has 0 spiro atoms. The monoisotopic (exact) mass is 235 g/mol. The van der Waals surface area contributed by atoms with Crippen molar-refractivity contribution in [1.29, 1.82) is 0 Å². The Hall–Kier alpha value is -1.20. The van der Waals surface area contributed by atoms with Crippen molar-refractivity contribution in [3.05, 3.63) is 17.8 Å². The van der Waals surface area contributed by atoms with Gasteiger partial charge in [0.15, 0.2) is 5.82 Å². The van der Waals surface area contributed by atoms with Gasteiger partial charge in [-0.25, -0.2) is 0 Å². The number of aromatic nitrogens is 2. The Morgan fingerprint density at radius 3 is 2.76 bits per heavy atom. The van der Waals surface area contributed by atoms with Gasteiger partial charge in [-0.1, -0.05) is 0 Å². The number of nitrogens with zero attached hydrogens (tertiary/aromatic N) is 4. The van der Waals surface area contributed by atoms with Crippen molar-refractivity contribution in [2.45, 2.75) is 19.5 Å². The first-order valence-corrected chi connectivity index (χ1v) is 6.13. The zero-order chi connectivity index (χ0) is 12.3. The summed E-state index contributed by atoms with van der Waals surface area (Å²) in [4.78, 5) is 4.68. The highest BCUT2D eigenvalue weighted by molar-refractivity contribution is 5.38. The molecule has 0 aromatic carbocycles. The van der Waals surface area contributed by atoms with E-state index in [4.69, 9.17) is 0 Å². The van der Waals surface area contributed by atoms with Gasteiger partial charge < -0.3 is 15.1 Å². The normalized spacial score (nSPS) is 21.8. The van der Waals surface area contributed by atoms with E-state index in [-0.39, 0.29) is 0 Å². The number of nitrogens with one attached hydrogen (secondary N) is 1. The molecule has 17 heavy (non-hydrogen) atoms. The average Bonchev–Trinajstić information content (AvgIpc) is 2.34. The Balaban J connectivity index is 2.02. The van der Waals surface area contributed by atoms with E-state index in [0.29, 0.717) is 6.04 Å². The van der Waals surface area contributed by atoms with Crippen LogP contribution in [0.15, 0.2) is 12.1 Å². The van der Waals surface area contributed by atoms with Crippen LogP contribution in [0.25, 0.3) is 0 Å².